The molecule has 1 aromatic heterocycles. The standard InChI is InChI=1S/C19H21ClF3N5O/c20-13-3-1-2-12(10-13)18(11-24)6-4-14(5-7-18)27-8-9-28-15(16(27)29)25-26-17(28)19(21,22)23/h1-3,10,14H,4-9,11,24H2/t14-,18+. The molecule has 0 radical (unpaired) electrons. The van der Waals surface area contributed by atoms with Gasteiger partial charge in [-0.05, 0) is 43.4 Å². The maximum atomic E-state index is 13.0. The van der Waals surface area contributed by atoms with Crippen LogP contribution in [0.1, 0.15) is 47.7 Å². The Morgan fingerprint density at radius 2 is 1.93 bits per heavy atom. The molecule has 29 heavy (non-hydrogen) atoms. The summed E-state index contributed by atoms with van der Waals surface area (Å²) in [5.74, 6) is -1.85. The van der Waals surface area contributed by atoms with Crippen LogP contribution in [0.25, 0.3) is 0 Å². The molecule has 0 spiro atoms. The van der Waals surface area contributed by atoms with Crippen molar-refractivity contribution in [2.45, 2.75) is 49.9 Å². The monoisotopic (exact) mass is 427 g/mol. The summed E-state index contributed by atoms with van der Waals surface area (Å²) in [6.45, 7) is 0.720. The van der Waals surface area contributed by atoms with Crippen LogP contribution in [-0.2, 0) is 18.1 Å². The fourth-order valence-corrected chi connectivity index (χ4v) is 4.75. The third-order valence-corrected chi connectivity index (χ3v) is 6.44. The van der Waals surface area contributed by atoms with Crippen molar-refractivity contribution in [3.05, 3.63) is 46.5 Å². The van der Waals surface area contributed by atoms with Crippen molar-refractivity contribution in [1.29, 1.82) is 0 Å². The van der Waals surface area contributed by atoms with E-state index in [9.17, 15) is 18.0 Å². The van der Waals surface area contributed by atoms with Crippen LogP contribution in [0.15, 0.2) is 24.3 Å². The Morgan fingerprint density at radius 1 is 1.21 bits per heavy atom. The summed E-state index contributed by atoms with van der Waals surface area (Å²) in [5, 5.41) is 7.37. The molecule has 1 saturated carbocycles. The van der Waals surface area contributed by atoms with Gasteiger partial charge in [0.05, 0.1) is 0 Å². The maximum absolute atomic E-state index is 13.0. The summed E-state index contributed by atoms with van der Waals surface area (Å²) in [6, 6.07) is 7.62. The molecule has 1 aliphatic heterocycles. The van der Waals surface area contributed by atoms with Gasteiger partial charge in [-0.2, -0.15) is 13.2 Å². The predicted molar refractivity (Wildman–Crippen MR) is 101 cm³/mol. The molecule has 2 aliphatic rings. The highest BCUT2D eigenvalue weighted by atomic mass is 35.5. The van der Waals surface area contributed by atoms with Gasteiger partial charge in [-0.1, -0.05) is 23.7 Å². The Kier molecular flexibility index (Phi) is 5.06. The maximum Gasteiger partial charge on any atom is 0.451 e. The molecule has 10 heteroatoms. The molecule has 1 amide bonds. The number of benzene rings is 1. The number of aromatic nitrogens is 3. The van der Waals surface area contributed by atoms with Crippen molar-refractivity contribution in [1.82, 2.24) is 19.7 Å². The molecule has 0 bridgehead atoms. The number of carbonyl (C=O) groups excluding carboxylic acids is 1. The predicted octanol–water partition coefficient (Wildman–Crippen LogP) is 3.25. The molecule has 0 unspecified atom stereocenters. The summed E-state index contributed by atoms with van der Waals surface area (Å²) in [4.78, 5) is 14.4. The Morgan fingerprint density at radius 3 is 2.55 bits per heavy atom. The zero-order valence-electron chi connectivity index (χ0n) is 15.6. The summed E-state index contributed by atoms with van der Waals surface area (Å²) in [7, 11) is 0. The van der Waals surface area contributed by atoms with E-state index in [1.54, 1.807) is 4.90 Å². The number of nitrogens with zero attached hydrogens (tertiary/aromatic N) is 4. The SMILES string of the molecule is NC[C@]1(c2cccc(Cl)c2)CC[C@@H](N2CCn3c(nnc3C(F)(F)F)C2=O)CC1. The van der Waals surface area contributed by atoms with Gasteiger partial charge in [0.1, 0.15) is 0 Å². The second-order valence-electron chi connectivity index (χ2n) is 7.72. The largest absolute Gasteiger partial charge is 0.451 e. The molecular formula is C19H21ClF3N5O. The van der Waals surface area contributed by atoms with Crippen LogP contribution in [0, 0.1) is 0 Å². The number of halogens is 4. The van der Waals surface area contributed by atoms with Crippen LogP contribution in [0.4, 0.5) is 13.2 Å². The lowest BCUT2D eigenvalue weighted by atomic mass is 9.68. The summed E-state index contributed by atoms with van der Waals surface area (Å²) in [5.41, 5.74) is 7.01. The topological polar surface area (TPSA) is 77.0 Å². The Labute approximate surface area is 170 Å². The highest BCUT2D eigenvalue weighted by Gasteiger charge is 2.44. The minimum Gasteiger partial charge on any atom is -0.331 e. The number of alkyl halides is 3. The van der Waals surface area contributed by atoms with Gasteiger partial charge in [-0.15, -0.1) is 10.2 Å². The molecule has 1 aromatic carbocycles. The van der Waals surface area contributed by atoms with Crippen LogP contribution in [0.2, 0.25) is 5.02 Å². The van der Waals surface area contributed by atoms with E-state index in [1.165, 1.54) is 0 Å². The number of nitrogens with two attached hydrogens (primary N) is 1. The van der Waals surface area contributed by atoms with Crippen LogP contribution >= 0.6 is 11.6 Å². The highest BCUT2D eigenvalue weighted by Crippen LogP contribution is 2.41. The van der Waals surface area contributed by atoms with Crippen molar-refractivity contribution in [3.63, 3.8) is 0 Å². The number of hydrogen-bond donors (Lipinski definition) is 1. The fourth-order valence-electron chi connectivity index (χ4n) is 4.56. The van der Waals surface area contributed by atoms with Gasteiger partial charge in [0, 0.05) is 36.1 Å². The number of rotatable bonds is 3. The van der Waals surface area contributed by atoms with Crippen molar-refractivity contribution < 1.29 is 18.0 Å². The fraction of sp³-hybridized carbons (Fsp3) is 0.526. The molecule has 2 N–H and O–H groups in total. The minimum absolute atomic E-state index is 0.0374. The molecule has 1 fully saturated rings. The van der Waals surface area contributed by atoms with E-state index >= 15 is 0 Å². The molecule has 2 aromatic rings. The minimum atomic E-state index is -4.63. The molecule has 0 atom stereocenters. The Bertz CT molecular complexity index is 921. The van der Waals surface area contributed by atoms with Crippen molar-refractivity contribution in [3.8, 4) is 0 Å². The van der Waals surface area contributed by atoms with Crippen LogP contribution in [-0.4, -0.2) is 44.7 Å². The number of amides is 1. The van der Waals surface area contributed by atoms with Gasteiger partial charge in [0.15, 0.2) is 0 Å². The van der Waals surface area contributed by atoms with E-state index in [2.05, 4.69) is 10.2 Å². The summed E-state index contributed by atoms with van der Waals surface area (Å²) >= 11 is 6.15. The first-order chi connectivity index (χ1) is 13.7. The van der Waals surface area contributed by atoms with Gasteiger partial charge in [0.2, 0.25) is 11.6 Å². The molecule has 2 heterocycles. The quantitative estimate of drug-likeness (QED) is 0.815. The summed E-state index contributed by atoms with van der Waals surface area (Å²) in [6.07, 6.45) is -1.64. The second kappa shape index (κ2) is 7.28. The van der Waals surface area contributed by atoms with Crippen LogP contribution < -0.4 is 5.73 Å². The van der Waals surface area contributed by atoms with Gasteiger partial charge >= 0.3 is 6.18 Å². The molecule has 156 valence electrons. The van der Waals surface area contributed by atoms with Gasteiger partial charge < -0.3 is 10.6 Å². The average Bonchev–Trinajstić information content (AvgIpc) is 3.14. The Hall–Kier alpha value is -2.13. The number of hydrogen-bond acceptors (Lipinski definition) is 4. The lowest BCUT2D eigenvalue weighted by molar-refractivity contribution is -0.147. The average molecular weight is 428 g/mol. The Balaban J connectivity index is 1.51. The summed E-state index contributed by atoms with van der Waals surface area (Å²) < 4.78 is 40.0. The van der Waals surface area contributed by atoms with Crippen molar-refractivity contribution in [2.24, 2.45) is 5.73 Å². The molecule has 4 rings (SSSR count). The normalized spacial score (nSPS) is 25.2. The first-order valence-corrected chi connectivity index (χ1v) is 9.90. The van der Waals surface area contributed by atoms with E-state index in [4.69, 9.17) is 17.3 Å². The third-order valence-electron chi connectivity index (χ3n) is 6.20. The number of carbonyl (C=O) groups is 1. The molecule has 0 saturated heterocycles. The van der Waals surface area contributed by atoms with Crippen LogP contribution in [0.5, 0.6) is 0 Å². The van der Waals surface area contributed by atoms with E-state index in [0.29, 0.717) is 11.6 Å². The van der Waals surface area contributed by atoms with E-state index in [0.717, 1.165) is 35.8 Å². The van der Waals surface area contributed by atoms with Crippen molar-refractivity contribution in [2.75, 3.05) is 13.1 Å². The van der Waals surface area contributed by atoms with Gasteiger partial charge in [0.25, 0.3) is 5.91 Å². The zero-order chi connectivity index (χ0) is 20.8. The first-order valence-electron chi connectivity index (χ1n) is 9.53. The lowest BCUT2D eigenvalue weighted by Crippen LogP contribution is -2.51. The van der Waals surface area contributed by atoms with E-state index in [1.807, 2.05) is 24.3 Å². The molecule has 1 aliphatic carbocycles. The van der Waals surface area contributed by atoms with Crippen LogP contribution in [0.3, 0.4) is 0 Å². The second-order valence-corrected chi connectivity index (χ2v) is 8.16. The molecule has 6 nitrogen and oxygen atoms in total. The van der Waals surface area contributed by atoms with Crippen molar-refractivity contribution >= 4 is 17.5 Å². The first kappa shape index (κ1) is 20.2. The smallest absolute Gasteiger partial charge is 0.331 e. The lowest BCUT2D eigenvalue weighted by Gasteiger charge is -2.44. The van der Waals surface area contributed by atoms with E-state index in [-0.39, 0.29) is 30.4 Å². The highest BCUT2D eigenvalue weighted by molar-refractivity contribution is 6.30. The van der Waals surface area contributed by atoms with Gasteiger partial charge in [-0.25, -0.2) is 0 Å². The number of fused-ring (bicyclic) bond motifs is 1. The third kappa shape index (κ3) is 3.50. The zero-order valence-corrected chi connectivity index (χ0v) is 16.4. The van der Waals surface area contributed by atoms with Gasteiger partial charge in [-0.3, -0.25) is 9.36 Å². The van der Waals surface area contributed by atoms with E-state index < -0.39 is 17.9 Å². The molecular weight excluding hydrogens is 407 g/mol.